The van der Waals surface area contributed by atoms with Crippen molar-refractivity contribution in [2.45, 2.75) is 3.96 Å². The van der Waals surface area contributed by atoms with Crippen molar-refractivity contribution in [2.75, 3.05) is 6.26 Å². The Hall–Kier alpha value is 0.182. The zero-order chi connectivity index (χ0) is 11.9. The van der Waals surface area contributed by atoms with Crippen LogP contribution in [0, 0.1) is 20.6 Å². The summed E-state index contributed by atoms with van der Waals surface area (Å²) in [6, 6.07) is 7.03. The van der Waals surface area contributed by atoms with E-state index >= 15 is 0 Å². The van der Waals surface area contributed by atoms with Crippen LogP contribution in [0.3, 0.4) is 0 Å². The Bertz CT molecular complexity index is 506. The van der Waals surface area contributed by atoms with Gasteiger partial charge in [0.2, 0.25) is 0 Å². The third kappa shape index (κ3) is 1.88. The van der Waals surface area contributed by atoms with Gasteiger partial charge in [0.05, 0.1) is 0 Å². The predicted molar refractivity (Wildman–Crippen MR) is 68.5 cm³/mol. The molecule has 2 rings (SSSR count). The van der Waals surface area contributed by atoms with Gasteiger partial charge in [-0.25, -0.2) is 0 Å². The average Bonchev–Trinajstić information content (AvgIpc) is 2.53. The molecule has 83 valence electrons. The van der Waals surface area contributed by atoms with Crippen LogP contribution in [0.5, 0.6) is 0 Å². The Morgan fingerprint density at radius 3 is 1.94 bits per heavy atom. The van der Waals surface area contributed by atoms with Crippen LogP contribution in [0.2, 0.25) is 3.96 Å². The molecule has 0 saturated heterocycles. The van der Waals surface area contributed by atoms with E-state index in [0.29, 0.717) is 13.7 Å². The molecular formula is C11H11O2S2U. The van der Waals surface area contributed by atoms with Gasteiger partial charge in [-0.1, -0.05) is 0 Å². The molecule has 1 unspecified atom stereocenters. The summed E-state index contributed by atoms with van der Waals surface area (Å²) in [5, 5.41) is 0. The molecule has 0 N–H and O–H groups in total. The molecule has 0 heterocycles. The van der Waals surface area contributed by atoms with Crippen LogP contribution in [0.1, 0.15) is 20.7 Å². The molecule has 0 fully saturated rings. The van der Waals surface area contributed by atoms with Gasteiger partial charge in [0, 0.05) is 0 Å². The van der Waals surface area contributed by atoms with Gasteiger partial charge in [0.25, 0.3) is 0 Å². The number of ketones is 2. The molecule has 5 heteroatoms. The molecule has 2 nitrogen and oxygen atoms in total. The molecule has 1 aromatic rings. The number of hydrogen-bond acceptors (Lipinski definition) is 4. The van der Waals surface area contributed by atoms with E-state index in [9.17, 15) is 9.59 Å². The van der Waals surface area contributed by atoms with Crippen molar-refractivity contribution in [3.63, 3.8) is 0 Å². The van der Waals surface area contributed by atoms with Crippen LogP contribution in [-0.2, 0) is 0 Å². The summed E-state index contributed by atoms with van der Waals surface area (Å²) < 4.78 is 2.50. The van der Waals surface area contributed by atoms with Gasteiger partial charge in [-0.2, -0.15) is 0 Å². The molecule has 16 heavy (non-hydrogen) atoms. The molecule has 0 amide bonds. The van der Waals surface area contributed by atoms with E-state index < -0.39 is 20.6 Å². The van der Waals surface area contributed by atoms with Gasteiger partial charge in [0.1, 0.15) is 0 Å². The summed E-state index contributed by atoms with van der Waals surface area (Å²) in [7, 11) is 6.24. The van der Waals surface area contributed by atoms with E-state index in [2.05, 4.69) is 8.45 Å². The van der Waals surface area contributed by atoms with Crippen molar-refractivity contribution in [1.82, 2.24) is 0 Å². The number of Topliss-reactive ketones (excluding diaryl/α,β-unsaturated/α-hetero) is 2. The summed E-state index contributed by atoms with van der Waals surface area (Å²) in [6.45, 7) is 0. The molecule has 1 aromatic carbocycles. The van der Waals surface area contributed by atoms with Gasteiger partial charge in [0.15, 0.2) is 0 Å². The quantitative estimate of drug-likeness (QED) is 0.632. The molecular weight excluding hydrogens is 466 g/mol. The van der Waals surface area contributed by atoms with Crippen LogP contribution >= 0.6 is 16.0 Å². The predicted octanol–water partition coefficient (Wildman–Crippen LogP) is 2.57. The van der Waals surface area contributed by atoms with Crippen molar-refractivity contribution < 1.29 is 30.2 Å². The van der Waals surface area contributed by atoms with E-state index in [1.807, 2.05) is 10.2 Å². The number of benzene rings is 1. The van der Waals surface area contributed by atoms with Crippen molar-refractivity contribution in [1.29, 1.82) is 0 Å². The minimum atomic E-state index is -3.23. The summed E-state index contributed by atoms with van der Waals surface area (Å²) in [5.74, 6) is -0.171. The maximum absolute atomic E-state index is 12.2. The maximum atomic E-state index is 12.2. The third-order valence-electron chi connectivity index (χ3n) is 2.73. The minimum absolute atomic E-state index is 0.0855. The monoisotopic (exact) mass is 477 g/mol. The molecule has 0 aromatic heterocycles. The van der Waals surface area contributed by atoms with Gasteiger partial charge < -0.3 is 0 Å². The first-order valence-electron chi connectivity index (χ1n) is 4.82. The standard InChI is InChI=1S/C9H4O2.CH4S.CH3.H2S.U/c10-8-5-9(11)7-4-2-1-3-6(7)8;1-2;;;/h1-4H;2H,1H3;1H3;1H2;/q;;;;+2/p-2. The second kappa shape index (κ2) is 4.45. The summed E-state index contributed by atoms with van der Waals surface area (Å²) >= 11 is -3.23. The number of rotatable bonds is 1. The summed E-state index contributed by atoms with van der Waals surface area (Å²) in [4.78, 5) is 24.3. The Morgan fingerprint density at radius 1 is 1.12 bits per heavy atom. The Balaban J connectivity index is 2.74. The Kier molecular flexibility index (Phi) is 3.52. The number of thiol groups is 1. The first kappa shape index (κ1) is 12.6. The summed E-state index contributed by atoms with van der Waals surface area (Å²) in [6.07, 6.45) is 1.94. The first-order chi connectivity index (χ1) is 7.49. The average molecular weight is 477 g/mol. The van der Waals surface area contributed by atoms with Crippen LogP contribution in [0.4, 0.5) is 0 Å². The van der Waals surface area contributed by atoms with Gasteiger partial charge in [-0.3, -0.25) is 0 Å². The van der Waals surface area contributed by atoms with Crippen molar-refractivity contribution >= 4 is 30.1 Å². The van der Waals surface area contributed by atoms with Gasteiger partial charge in [-0.05, 0) is 0 Å². The molecule has 0 spiro atoms. The molecule has 0 bridgehead atoms. The Morgan fingerprint density at radius 2 is 1.56 bits per heavy atom. The fourth-order valence-corrected chi connectivity index (χ4v) is 12.8. The zero-order valence-corrected chi connectivity index (χ0v) is 14.9. The van der Waals surface area contributed by atoms with Gasteiger partial charge >= 0.3 is 106 Å². The zero-order valence-electron chi connectivity index (χ0n) is 8.98. The fraction of sp³-hybridized carbons (Fsp3) is 0.182. The molecule has 1 atom stereocenters. The van der Waals surface area contributed by atoms with E-state index in [4.69, 9.17) is 0 Å². The molecule has 0 aliphatic heterocycles. The second-order valence-corrected chi connectivity index (χ2v) is 38.3. The van der Waals surface area contributed by atoms with Crippen molar-refractivity contribution in [2.24, 2.45) is 0 Å². The van der Waals surface area contributed by atoms with E-state index in [1.54, 1.807) is 31.9 Å². The SMILES string of the molecule is C[S][U]([CH3])([SH])=[C]1C(=O)c2ccccc2C1=O. The summed E-state index contributed by atoms with van der Waals surface area (Å²) in [5.41, 5.74) is 1.11. The van der Waals surface area contributed by atoms with Crippen LogP contribution in [0.25, 0.3) is 0 Å². The van der Waals surface area contributed by atoms with E-state index in [0.717, 1.165) is 0 Å². The Labute approximate surface area is 105 Å². The van der Waals surface area contributed by atoms with Crippen molar-refractivity contribution in [3.8, 4) is 0 Å². The molecule has 0 radical (unpaired) electrons. The number of fused-ring (bicyclic) bond motifs is 1. The second-order valence-electron chi connectivity index (χ2n) is 3.77. The van der Waals surface area contributed by atoms with E-state index in [-0.39, 0.29) is 11.6 Å². The third-order valence-corrected chi connectivity index (χ3v) is 28.3. The number of carbonyl (C=O) groups is 2. The first-order valence-corrected chi connectivity index (χ1v) is 23.4. The molecule has 1 aliphatic carbocycles. The number of carbonyl (C=O) groups excluding carboxylic acids is 2. The topological polar surface area (TPSA) is 34.1 Å². The van der Waals surface area contributed by atoms with E-state index in [1.165, 1.54) is 0 Å². The van der Waals surface area contributed by atoms with Crippen LogP contribution in [-0.4, -0.2) is 20.3 Å². The van der Waals surface area contributed by atoms with Crippen molar-refractivity contribution in [3.05, 3.63) is 35.4 Å². The number of hydrogen-bond donors (Lipinski definition) is 1. The molecule has 0 saturated carbocycles. The van der Waals surface area contributed by atoms with Crippen LogP contribution < -0.4 is 0 Å². The van der Waals surface area contributed by atoms with Gasteiger partial charge in [-0.15, -0.1) is 0 Å². The normalized spacial score (nSPS) is 18.6. The molecule has 1 aliphatic rings. The fourth-order valence-electron chi connectivity index (χ4n) is 1.77. The van der Waals surface area contributed by atoms with Crippen LogP contribution in [0.15, 0.2) is 24.3 Å².